The number of aromatic nitrogens is 3. The third-order valence-corrected chi connectivity index (χ3v) is 10.7. The first kappa shape index (κ1) is 28.6. The Morgan fingerprint density at radius 2 is 1.14 bits per heavy atom. The summed E-state index contributed by atoms with van der Waals surface area (Å²) in [4.78, 5) is 14.8. The van der Waals surface area contributed by atoms with Crippen molar-refractivity contribution in [3.8, 4) is 56.2 Å². The normalized spacial score (nSPS) is 11.6. The maximum absolute atomic E-state index is 6.77. The molecule has 0 aliphatic rings. The van der Waals surface area contributed by atoms with Gasteiger partial charge < -0.3 is 4.42 Å². The smallest absolute Gasteiger partial charge is 0.164 e. The molecule has 0 amide bonds. The van der Waals surface area contributed by atoms with Crippen molar-refractivity contribution in [1.29, 1.82) is 0 Å². The average Bonchev–Trinajstić information content (AvgIpc) is 3.77. The Morgan fingerprint density at radius 3 is 2.02 bits per heavy atom. The lowest BCUT2D eigenvalue weighted by molar-refractivity contribution is 0.669. The topological polar surface area (TPSA) is 51.8 Å². The second kappa shape index (κ2) is 11.6. The zero-order valence-electron chi connectivity index (χ0n) is 26.7. The van der Waals surface area contributed by atoms with E-state index in [1.54, 1.807) is 0 Å². The van der Waals surface area contributed by atoms with Crippen molar-refractivity contribution in [2.45, 2.75) is 0 Å². The second-order valence-electron chi connectivity index (χ2n) is 12.4. The molecular formula is C45H27N3OS. The Labute approximate surface area is 292 Å². The van der Waals surface area contributed by atoms with Gasteiger partial charge in [0.05, 0.1) is 17.0 Å². The maximum Gasteiger partial charge on any atom is 0.164 e. The summed E-state index contributed by atoms with van der Waals surface area (Å²) in [6, 6.07) is 52.8. The number of thiophene rings is 1. The maximum atomic E-state index is 6.77. The van der Waals surface area contributed by atoms with Crippen molar-refractivity contribution < 1.29 is 4.42 Å². The Balaban J connectivity index is 1.25. The molecule has 50 heavy (non-hydrogen) atoms. The van der Waals surface area contributed by atoms with Crippen LogP contribution in [-0.4, -0.2) is 15.0 Å². The van der Waals surface area contributed by atoms with Gasteiger partial charge in [-0.2, -0.15) is 0 Å². The molecule has 4 aromatic heterocycles. The summed E-state index contributed by atoms with van der Waals surface area (Å²) in [5, 5.41) is 4.69. The highest BCUT2D eigenvalue weighted by molar-refractivity contribution is 7.26. The number of furan rings is 1. The van der Waals surface area contributed by atoms with Gasteiger partial charge in [0.2, 0.25) is 0 Å². The first-order valence-corrected chi connectivity index (χ1v) is 17.4. The van der Waals surface area contributed by atoms with Crippen LogP contribution in [0, 0.1) is 0 Å². The van der Waals surface area contributed by atoms with Crippen LogP contribution in [0.2, 0.25) is 0 Å². The predicted molar refractivity (Wildman–Crippen MR) is 207 cm³/mol. The summed E-state index contributed by atoms with van der Waals surface area (Å²) in [6.07, 6.45) is 3.65. The van der Waals surface area contributed by atoms with Crippen LogP contribution in [0.15, 0.2) is 168 Å². The Bertz CT molecular complexity index is 2870. The van der Waals surface area contributed by atoms with Crippen LogP contribution in [0.3, 0.4) is 0 Å². The summed E-state index contributed by atoms with van der Waals surface area (Å²) < 4.78 is 9.32. The molecule has 0 N–H and O–H groups in total. The van der Waals surface area contributed by atoms with Crippen LogP contribution >= 0.6 is 11.3 Å². The van der Waals surface area contributed by atoms with E-state index in [0.29, 0.717) is 5.82 Å². The van der Waals surface area contributed by atoms with Gasteiger partial charge in [0.15, 0.2) is 5.82 Å². The van der Waals surface area contributed by atoms with Crippen molar-refractivity contribution in [1.82, 2.24) is 15.0 Å². The van der Waals surface area contributed by atoms with Crippen LogP contribution in [0.1, 0.15) is 0 Å². The highest BCUT2D eigenvalue weighted by Crippen LogP contribution is 2.46. The standard InChI is InChI=1S/C45H27N3OS/c1-2-11-29(12-3-1)38-27-39(31-14-5-4-13-30(31)28-23-25-46-26-24-28)48-45(47-38)37-22-21-33(42-36-16-6-8-19-40(36)49-43(37)42)35-18-10-17-34-32-15-7-9-20-41(32)50-44(34)35/h1-27H. The summed E-state index contributed by atoms with van der Waals surface area (Å²) in [7, 11) is 0. The third-order valence-electron chi connectivity index (χ3n) is 9.45. The van der Waals surface area contributed by atoms with Gasteiger partial charge >= 0.3 is 0 Å². The number of rotatable bonds is 5. The second-order valence-corrected chi connectivity index (χ2v) is 13.4. The number of para-hydroxylation sites is 1. The predicted octanol–water partition coefficient (Wildman–Crippen LogP) is 12.5. The molecule has 0 radical (unpaired) electrons. The largest absolute Gasteiger partial charge is 0.455 e. The van der Waals surface area contributed by atoms with Crippen molar-refractivity contribution in [3.63, 3.8) is 0 Å². The molecule has 10 rings (SSSR count). The lowest BCUT2D eigenvalue weighted by Gasteiger charge is -2.14. The number of fused-ring (bicyclic) bond motifs is 6. The fourth-order valence-electron chi connectivity index (χ4n) is 7.14. The Hall–Kier alpha value is -6.43. The molecule has 6 aromatic carbocycles. The summed E-state index contributed by atoms with van der Waals surface area (Å²) in [5.41, 5.74) is 10.7. The molecule has 4 heterocycles. The zero-order valence-corrected chi connectivity index (χ0v) is 27.6. The van der Waals surface area contributed by atoms with Gasteiger partial charge in [-0.3, -0.25) is 4.98 Å². The van der Waals surface area contributed by atoms with Crippen molar-refractivity contribution in [2.24, 2.45) is 0 Å². The molecule has 0 aliphatic carbocycles. The van der Waals surface area contributed by atoms with Gasteiger partial charge in [-0.25, -0.2) is 9.97 Å². The monoisotopic (exact) mass is 657 g/mol. The average molecular weight is 658 g/mol. The fraction of sp³-hybridized carbons (Fsp3) is 0. The molecule has 4 nitrogen and oxygen atoms in total. The number of benzene rings is 6. The molecule has 0 fully saturated rings. The van der Waals surface area contributed by atoms with Crippen molar-refractivity contribution >= 4 is 53.4 Å². The molecule has 0 saturated carbocycles. The van der Waals surface area contributed by atoms with Crippen LogP contribution in [0.25, 0.3) is 98.3 Å². The molecule has 5 heteroatoms. The van der Waals surface area contributed by atoms with E-state index in [9.17, 15) is 0 Å². The number of nitrogens with zero attached hydrogens (tertiary/aromatic N) is 3. The van der Waals surface area contributed by atoms with E-state index < -0.39 is 0 Å². The zero-order chi connectivity index (χ0) is 33.0. The summed E-state index contributed by atoms with van der Waals surface area (Å²) >= 11 is 1.84. The molecule has 0 bridgehead atoms. The minimum atomic E-state index is 0.613. The number of pyridine rings is 1. The van der Waals surface area contributed by atoms with Crippen LogP contribution in [0.4, 0.5) is 0 Å². The summed E-state index contributed by atoms with van der Waals surface area (Å²) in [6.45, 7) is 0. The molecule has 0 spiro atoms. The minimum Gasteiger partial charge on any atom is -0.455 e. The van der Waals surface area contributed by atoms with Gasteiger partial charge in [0.25, 0.3) is 0 Å². The van der Waals surface area contributed by atoms with Gasteiger partial charge in [-0.1, -0.05) is 115 Å². The van der Waals surface area contributed by atoms with Crippen molar-refractivity contribution in [3.05, 3.63) is 164 Å². The van der Waals surface area contributed by atoms with Gasteiger partial charge in [0.1, 0.15) is 11.2 Å². The van der Waals surface area contributed by atoms with E-state index in [-0.39, 0.29) is 0 Å². The molecular weight excluding hydrogens is 631 g/mol. The third kappa shape index (κ3) is 4.63. The van der Waals surface area contributed by atoms with E-state index in [1.165, 1.54) is 25.7 Å². The van der Waals surface area contributed by atoms with Crippen LogP contribution in [-0.2, 0) is 0 Å². The SMILES string of the molecule is c1ccc(-c2cc(-c3ccccc3-c3ccncc3)nc(-c3ccc(-c4cccc5c4sc4ccccc45)c4c3oc3ccccc34)n2)cc1. The van der Waals surface area contributed by atoms with Crippen LogP contribution < -0.4 is 0 Å². The lowest BCUT2D eigenvalue weighted by atomic mass is 9.95. The highest BCUT2D eigenvalue weighted by Gasteiger charge is 2.22. The van der Waals surface area contributed by atoms with Gasteiger partial charge in [-0.15, -0.1) is 11.3 Å². The van der Waals surface area contributed by atoms with E-state index in [4.69, 9.17) is 14.4 Å². The van der Waals surface area contributed by atoms with E-state index in [0.717, 1.165) is 66.7 Å². The number of hydrogen-bond donors (Lipinski definition) is 0. The molecule has 0 saturated heterocycles. The van der Waals surface area contributed by atoms with Gasteiger partial charge in [-0.05, 0) is 53.1 Å². The van der Waals surface area contributed by atoms with E-state index in [1.807, 2.05) is 66.2 Å². The minimum absolute atomic E-state index is 0.613. The Morgan fingerprint density at radius 1 is 0.460 bits per heavy atom. The quantitative estimate of drug-likeness (QED) is 0.185. The van der Waals surface area contributed by atoms with E-state index >= 15 is 0 Å². The molecule has 0 unspecified atom stereocenters. The lowest BCUT2D eigenvalue weighted by Crippen LogP contribution is -1.97. The number of hydrogen-bond acceptors (Lipinski definition) is 5. The Kier molecular flexibility index (Phi) is 6.64. The molecule has 234 valence electrons. The fourth-order valence-corrected chi connectivity index (χ4v) is 8.37. The summed E-state index contributed by atoms with van der Waals surface area (Å²) in [5.74, 6) is 0.613. The first-order valence-electron chi connectivity index (χ1n) is 16.6. The van der Waals surface area contributed by atoms with Gasteiger partial charge in [0, 0.05) is 60.0 Å². The molecule has 0 atom stereocenters. The van der Waals surface area contributed by atoms with Crippen LogP contribution in [0.5, 0.6) is 0 Å². The van der Waals surface area contributed by atoms with Crippen molar-refractivity contribution in [2.75, 3.05) is 0 Å². The highest BCUT2D eigenvalue weighted by atomic mass is 32.1. The first-order chi connectivity index (χ1) is 24.8. The molecule has 10 aromatic rings. The van der Waals surface area contributed by atoms with E-state index in [2.05, 4.69) is 114 Å². The molecule has 0 aliphatic heterocycles.